The number of carbonyl (C=O) groups is 1. The van der Waals surface area contributed by atoms with Crippen molar-refractivity contribution in [2.24, 2.45) is 0 Å². The number of fused-ring (bicyclic) bond motifs is 1. The van der Waals surface area contributed by atoms with Gasteiger partial charge in [0.1, 0.15) is 12.1 Å². The fourth-order valence-corrected chi connectivity index (χ4v) is 2.85. The Morgan fingerprint density at radius 1 is 1.07 bits per heavy atom. The predicted octanol–water partition coefficient (Wildman–Crippen LogP) is 1.91. The average molecular weight is 365 g/mol. The van der Waals surface area contributed by atoms with E-state index in [4.69, 9.17) is 0 Å². The Hall–Kier alpha value is -3.22. The van der Waals surface area contributed by atoms with Crippen LogP contribution in [0.2, 0.25) is 0 Å². The van der Waals surface area contributed by atoms with Crippen molar-refractivity contribution in [1.82, 2.24) is 19.9 Å². The summed E-state index contributed by atoms with van der Waals surface area (Å²) in [7, 11) is 3.97. The standard InChI is InChI=1S/C20H23N5O2/c1-4-24(13-15-9-11-16(12-10-15)23(2)3)19(26)14-25-20(27)17-7-5-6-8-18(17)21-22-25/h5-12H,4,13-14H2,1-3H3. The minimum atomic E-state index is -0.305. The van der Waals surface area contributed by atoms with Crippen LogP contribution >= 0.6 is 0 Å². The summed E-state index contributed by atoms with van der Waals surface area (Å²) in [4.78, 5) is 28.9. The van der Waals surface area contributed by atoms with Crippen molar-refractivity contribution in [2.45, 2.75) is 20.0 Å². The van der Waals surface area contributed by atoms with E-state index in [1.165, 1.54) is 0 Å². The Kier molecular flexibility index (Phi) is 5.49. The van der Waals surface area contributed by atoms with Gasteiger partial charge in [-0.1, -0.05) is 29.5 Å². The number of anilines is 1. The van der Waals surface area contributed by atoms with Crippen LogP contribution in [0.15, 0.2) is 53.3 Å². The van der Waals surface area contributed by atoms with Crippen LogP contribution in [-0.4, -0.2) is 46.4 Å². The van der Waals surface area contributed by atoms with Gasteiger partial charge in [-0.15, -0.1) is 5.10 Å². The van der Waals surface area contributed by atoms with Crippen molar-refractivity contribution in [2.75, 3.05) is 25.5 Å². The van der Waals surface area contributed by atoms with Crippen LogP contribution in [0, 0.1) is 0 Å². The molecule has 0 atom stereocenters. The first-order valence-electron chi connectivity index (χ1n) is 8.86. The first kappa shape index (κ1) is 18.6. The largest absolute Gasteiger partial charge is 0.378 e. The van der Waals surface area contributed by atoms with E-state index in [2.05, 4.69) is 10.3 Å². The van der Waals surface area contributed by atoms with E-state index in [0.29, 0.717) is 24.0 Å². The fourth-order valence-electron chi connectivity index (χ4n) is 2.85. The molecule has 0 bridgehead atoms. The van der Waals surface area contributed by atoms with Gasteiger partial charge in [0.25, 0.3) is 5.56 Å². The second-order valence-electron chi connectivity index (χ2n) is 6.54. The third-order valence-corrected chi connectivity index (χ3v) is 4.47. The highest BCUT2D eigenvalue weighted by Crippen LogP contribution is 2.14. The normalized spacial score (nSPS) is 10.8. The van der Waals surface area contributed by atoms with Crippen molar-refractivity contribution in [3.05, 3.63) is 64.4 Å². The molecule has 2 aromatic carbocycles. The van der Waals surface area contributed by atoms with Crippen molar-refractivity contribution < 1.29 is 4.79 Å². The van der Waals surface area contributed by atoms with E-state index in [9.17, 15) is 9.59 Å². The summed E-state index contributed by atoms with van der Waals surface area (Å²) in [5.41, 5.74) is 2.36. The summed E-state index contributed by atoms with van der Waals surface area (Å²) in [5, 5.41) is 8.39. The number of likely N-dealkylation sites (N-methyl/N-ethyl adjacent to an activating group) is 1. The summed E-state index contributed by atoms with van der Waals surface area (Å²) < 4.78 is 1.13. The van der Waals surface area contributed by atoms with Crippen molar-refractivity contribution in [1.29, 1.82) is 0 Å². The van der Waals surface area contributed by atoms with Gasteiger partial charge in [-0.05, 0) is 36.8 Å². The van der Waals surface area contributed by atoms with Gasteiger partial charge in [0.05, 0.1) is 5.39 Å². The van der Waals surface area contributed by atoms with Crippen molar-refractivity contribution >= 4 is 22.5 Å². The van der Waals surface area contributed by atoms with Gasteiger partial charge in [-0.25, -0.2) is 4.68 Å². The van der Waals surface area contributed by atoms with Gasteiger partial charge in [-0.3, -0.25) is 9.59 Å². The van der Waals surface area contributed by atoms with E-state index in [1.54, 1.807) is 29.2 Å². The summed E-state index contributed by atoms with van der Waals surface area (Å²) in [5.74, 6) is -0.166. The number of rotatable bonds is 6. The molecule has 0 saturated carbocycles. The maximum atomic E-state index is 12.7. The first-order chi connectivity index (χ1) is 13.0. The Labute approximate surface area is 157 Å². The fraction of sp³-hybridized carbons (Fsp3) is 0.300. The number of hydrogen-bond donors (Lipinski definition) is 0. The summed E-state index contributed by atoms with van der Waals surface area (Å²) in [6.07, 6.45) is 0. The second kappa shape index (κ2) is 7.99. The lowest BCUT2D eigenvalue weighted by Gasteiger charge is -2.21. The molecular formula is C20H23N5O2. The molecular weight excluding hydrogens is 342 g/mol. The molecule has 0 fully saturated rings. The molecule has 27 heavy (non-hydrogen) atoms. The SMILES string of the molecule is CCN(Cc1ccc(N(C)C)cc1)C(=O)Cn1nnc2ccccc2c1=O. The number of amides is 1. The molecule has 140 valence electrons. The Morgan fingerprint density at radius 2 is 1.78 bits per heavy atom. The minimum Gasteiger partial charge on any atom is -0.378 e. The van der Waals surface area contributed by atoms with Gasteiger partial charge in [0.15, 0.2) is 0 Å². The lowest BCUT2D eigenvalue weighted by atomic mass is 10.2. The van der Waals surface area contributed by atoms with Gasteiger partial charge in [0.2, 0.25) is 5.91 Å². The molecule has 3 aromatic rings. The molecule has 1 aromatic heterocycles. The predicted molar refractivity (Wildman–Crippen MR) is 106 cm³/mol. The molecule has 7 heteroatoms. The lowest BCUT2D eigenvalue weighted by molar-refractivity contribution is -0.132. The van der Waals surface area contributed by atoms with Crippen LogP contribution in [-0.2, 0) is 17.9 Å². The minimum absolute atomic E-state index is 0.125. The monoisotopic (exact) mass is 365 g/mol. The Bertz CT molecular complexity index is 995. The molecule has 0 aliphatic heterocycles. The first-order valence-corrected chi connectivity index (χ1v) is 8.86. The molecule has 0 saturated heterocycles. The maximum absolute atomic E-state index is 12.7. The maximum Gasteiger partial charge on any atom is 0.278 e. The molecule has 0 N–H and O–H groups in total. The van der Waals surface area contributed by atoms with E-state index in [1.807, 2.05) is 50.2 Å². The Balaban J connectivity index is 1.75. The van der Waals surface area contributed by atoms with Gasteiger partial charge >= 0.3 is 0 Å². The van der Waals surface area contributed by atoms with Crippen LogP contribution in [0.3, 0.4) is 0 Å². The van der Waals surface area contributed by atoms with Gasteiger partial charge < -0.3 is 9.80 Å². The average Bonchev–Trinajstić information content (AvgIpc) is 2.68. The van der Waals surface area contributed by atoms with Crippen LogP contribution in [0.4, 0.5) is 5.69 Å². The van der Waals surface area contributed by atoms with Crippen molar-refractivity contribution in [3.63, 3.8) is 0 Å². The molecule has 0 aliphatic rings. The molecule has 1 amide bonds. The van der Waals surface area contributed by atoms with E-state index >= 15 is 0 Å². The van der Waals surface area contributed by atoms with Gasteiger partial charge in [-0.2, -0.15) is 0 Å². The zero-order valence-corrected chi connectivity index (χ0v) is 15.8. The van der Waals surface area contributed by atoms with E-state index < -0.39 is 0 Å². The highest BCUT2D eigenvalue weighted by atomic mass is 16.2. The number of aromatic nitrogens is 3. The molecule has 0 aliphatic carbocycles. The molecule has 7 nitrogen and oxygen atoms in total. The Morgan fingerprint density at radius 3 is 2.44 bits per heavy atom. The highest BCUT2D eigenvalue weighted by molar-refractivity contribution is 5.78. The van der Waals surface area contributed by atoms with E-state index in [-0.39, 0.29) is 18.0 Å². The summed E-state index contributed by atoms with van der Waals surface area (Å²) in [6, 6.07) is 15.0. The molecule has 0 spiro atoms. The van der Waals surface area contributed by atoms with Crippen LogP contribution < -0.4 is 10.5 Å². The third-order valence-electron chi connectivity index (χ3n) is 4.47. The quantitative estimate of drug-likeness (QED) is 0.667. The number of nitrogens with zero attached hydrogens (tertiary/aromatic N) is 5. The number of hydrogen-bond acceptors (Lipinski definition) is 5. The van der Waals surface area contributed by atoms with Crippen molar-refractivity contribution in [3.8, 4) is 0 Å². The summed E-state index contributed by atoms with van der Waals surface area (Å²) >= 11 is 0. The van der Waals surface area contributed by atoms with Crippen LogP contribution in [0.1, 0.15) is 12.5 Å². The van der Waals surface area contributed by atoms with Crippen LogP contribution in [0.5, 0.6) is 0 Å². The smallest absolute Gasteiger partial charge is 0.278 e. The molecule has 0 unspecified atom stereocenters. The number of carbonyl (C=O) groups excluding carboxylic acids is 1. The highest BCUT2D eigenvalue weighted by Gasteiger charge is 2.15. The zero-order chi connectivity index (χ0) is 19.4. The second-order valence-corrected chi connectivity index (χ2v) is 6.54. The summed E-state index contributed by atoms with van der Waals surface area (Å²) in [6.45, 7) is 2.82. The number of benzene rings is 2. The molecule has 3 rings (SSSR count). The topological polar surface area (TPSA) is 71.3 Å². The molecule has 0 radical (unpaired) electrons. The lowest BCUT2D eigenvalue weighted by Crippen LogP contribution is -2.37. The van der Waals surface area contributed by atoms with E-state index in [0.717, 1.165) is 15.9 Å². The van der Waals surface area contributed by atoms with Gasteiger partial charge in [0, 0.05) is 32.9 Å². The molecule has 1 heterocycles. The zero-order valence-electron chi connectivity index (χ0n) is 15.8. The third kappa shape index (κ3) is 4.13. The van der Waals surface area contributed by atoms with Crippen LogP contribution in [0.25, 0.3) is 10.9 Å².